The lowest BCUT2D eigenvalue weighted by atomic mass is 10.1. The Balaban J connectivity index is 2.24. The number of hydrogen-bond acceptors (Lipinski definition) is 8. The number of likely N-dealkylation sites (N-methyl/N-ethyl adjacent to an activating group) is 1. The van der Waals surface area contributed by atoms with Gasteiger partial charge in [0, 0.05) is 38.4 Å². The van der Waals surface area contributed by atoms with Gasteiger partial charge < -0.3 is 14.4 Å². The molecule has 2 aromatic rings. The lowest BCUT2D eigenvalue weighted by molar-refractivity contribution is 0.0319. The average molecular weight is 400 g/mol. The van der Waals surface area contributed by atoms with Crippen LogP contribution in [-0.4, -0.2) is 64.3 Å². The molecule has 0 amide bonds. The molecule has 27 heavy (non-hydrogen) atoms. The summed E-state index contributed by atoms with van der Waals surface area (Å²) in [6, 6.07) is 5.50. The molecule has 0 saturated heterocycles. The maximum absolute atomic E-state index is 12.5. The highest BCUT2D eigenvalue weighted by Crippen LogP contribution is 2.47. The number of nitrogens with zero attached hydrogens (tertiary/aromatic N) is 2. The van der Waals surface area contributed by atoms with Gasteiger partial charge in [-0.25, -0.2) is 13.9 Å². The van der Waals surface area contributed by atoms with Crippen molar-refractivity contribution in [3.63, 3.8) is 0 Å². The summed E-state index contributed by atoms with van der Waals surface area (Å²) in [6.45, 7) is 0.253. The van der Waals surface area contributed by atoms with Crippen LogP contribution in [0.3, 0.4) is 0 Å². The Morgan fingerprint density at radius 1 is 1.19 bits per heavy atom. The molecule has 150 valence electrons. The number of carbonyl (C=O) groups is 1. The molecular formula is C17H25N2O7P. The molecule has 9 nitrogen and oxygen atoms in total. The van der Waals surface area contributed by atoms with Crippen LogP contribution in [0.2, 0.25) is 0 Å². The smallest absolute Gasteiger partial charge is 0.477 e. The van der Waals surface area contributed by atoms with E-state index in [9.17, 15) is 9.36 Å². The van der Waals surface area contributed by atoms with Gasteiger partial charge in [-0.3, -0.25) is 13.6 Å². The third-order valence-electron chi connectivity index (χ3n) is 3.96. The van der Waals surface area contributed by atoms with Gasteiger partial charge in [-0.2, -0.15) is 0 Å². The van der Waals surface area contributed by atoms with E-state index in [0.29, 0.717) is 11.3 Å². The first kappa shape index (κ1) is 21.4. The summed E-state index contributed by atoms with van der Waals surface area (Å²) in [5.41, 5.74) is 1.65. The number of phosphoric acid groups is 1. The monoisotopic (exact) mass is 400 g/mol. The molecule has 10 heteroatoms. The van der Waals surface area contributed by atoms with E-state index in [2.05, 4.69) is 13.9 Å². The van der Waals surface area contributed by atoms with E-state index in [1.165, 1.54) is 18.8 Å². The third kappa shape index (κ3) is 5.31. The Morgan fingerprint density at radius 2 is 1.89 bits per heavy atom. The largest absolute Gasteiger partial charge is 0.497 e. The summed E-state index contributed by atoms with van der Waals surface area (Å²) in [5.74, 6) is 0.619. The summed E-state index contributed by atoms with van der Waals surface area (Å²) in [5, 5.41) is 0.926. The van der Waals surface area contributed by atoms with Gasteiger partial charge in [-0.1, -0.05) is 0 Å². The fourth-order valence-corrected chi connectivity index (χ4v) is 3.03. The van der Waals surface area contributed by atoms with Crippen LogP contribution in [0, 0.1) is 0 Å². The van der Waals surface area contributed by atoms with Gasteiger partial charge in [0.1, 0.15) is 5.75 Å². The standard InChI is InChI=1S/C17H25N2O7P/c1-18(2)9-8-13-11-19(16-10-14(22-3)6-7-15(13)16)17(20)25-12-26-27(21,23-4)24-5/h6-7,10-11H,8-9,12H2,1-5H3. The van der Waals surface area contributed by atoms with E-state index in [0.717, 1.165) is 23.9 Å². The fourth-order valence-electron chi connectivity index (χ4n) is 2.49. The Labute approximate surface area is 158 Å². The number of carbonyl (C=O) groups excluding carboxylic acids is 1. The van der Waals surface area contributed by atoms with Crippen LogP contribution < -0.4 is 4.74 Å². The maximum Gasteiger partial charge on any atom is 0.477 e. The molecule has 1 aromatic heterocycles. The van der Waals surface area contributed by atoms with Gasteiger partial charge >= 0.3 is 13.9 Å². The normalized spacial score (nSPS) is 11.9. The molecule has 2 rings (SSSR count). The van der Waals surface area contributed by atoms with Crippen LogP contribution in [0.25, 0.3) is 10.9 Å². The van der Waals surface area contributed by atoms with E-state index >= 15 is 0 Å². The minimum absolute atomic E-state index is 0.575. The molecule has 0 aliphatic carbocycles. The SMILES string of the molecule is COc1ccc2c(CCN(C)C)cn(C(=O)OCOP(=O)(OC)OC)c2c1. The second-order valence-electron chi connectivity index (χ2n) is 5.93. The van der Waals surface area contributed by atoms with Crippen molar-refractivity contribution in [3.8, 4) is 5.75 Å². The summed E-state index contributed by atoms with van der Waals surface area (Å²) in [6.07, 6.45) is 1.81. The number of aromatic nitrogens is 1. The van der Waals surface area contributed by atoms with E-state index in [-0.39, 0.29) is 0 Å². The highest BCUT2D eigenvalue weighted by molar-refractivity contribution is 7.48. The molecule has 0 N–H and O–H groups in total. The number of ether oxygens (including phenoxy) is 2. The van der Waals surface area contributed by atoms with Gasteiger partial charge in [-0.15, -0.1) is 0 Å². The number of methoxy groups -OCH3 is 1. The summed E-state index contributed by atoms with van der Waals surface area (Å²) >= 11 is 0. The fraction of sp³-hybridized carbons (Fsp3) is 0.471. The Kier molecular flexibility index (Phi) is 7.41. The second kappa shape index (κ2) is 9.34. The molecule has 0 fully saturated rings. The van der Waals surface area contributed by atoms with Crippen LogP contribution in [0.5, 0.6) is 5.75 Å². The number of rotatable bonds is 9. The molecule has 0 saturated carbocycles. The molecular weight excluding hydrogens is 375 g/mol. The number of fused-ring (bicyclic) bond motifs is 1. The van der Waals surface area contributed by atoms with Gasteiger partial charge in [0.2, 0.25) is 6.79 Å². The third-order valence-corrected chi connectivity index (χ3v) is 5.28. The van der Waals surface area contributed by atoms with E-state index in [1.807, 2.05) is 26.2 Å². The van der Waals surface area contributed by atoms with Crippen LogP contribution in [0.4, 0.5) is 4.79 Å². The summed E-state index contributed by atoms with van der Waals surface area (Å²) < 4.78 is 37.7. The highest BCUT2D eigenvalue weighted by atomic mass is 31.2. The number of benzene rings is 1. The molecule has 0 radical (unpaired) electrons. The minimum Gasteiger partial charge on any atom is -0.497 e. The second-order valence-corrected chi connectivity index (χ2v) is 7.81. The molecule has 0 aliphatic rings. The summed E-state index contributed by atoms with van der Waals surface area (Å²) in [4.78, 5) is 14.6. The predicted octanol–water partition coefficient (Wildman–Crippen LogP) is 3.11. The molecule has 0 spiro atoms. The van der Waals surface area contributed by atoms with Crippen LogP contribution in [0.1, 0.15) is 5.56 Å². The molecule has 1 aromatic carbocycles. The Morgan fingerprint density at radius 3 is 2.48 bits per heavy atom. The van der Waals surface area contributed by atoms with Gasteiger partial charge in [0.15, 0.2) is 0 Å². The van der Waals surface area contributed by atoms with Crippen molar-refractivity contribution < 1.29 is 32.4 Å². The average Bonchev–Trinajstić information content (AvgIpc) is 3.03. The van der Waals surface area contributed by atoms with Gasteiger partial charge in [0.05, 0.1) is 12.6 Å². The van der Waals surface area contributed by atoms with Crippen molar-refractivity contribution in [1.29, 1.82) is 0 Å². The van der Waals surface area contributed by atoms with Crippen molar-refractivity contribution in [1.82, 2.24) is 9.47 Å². The first-order valence-corrected chi connectivity index (χ1v) is 9.65. The van der Waals surface area contributed by atoms with E-state index in [4.69, 9.17) is 14.0 Å². The molecule has 0 atom stereocenters. The quantitative estimate of drug-likeness (QED) is 0.469. The Hall–Kier alpha value is -1.90. The van der Waals surface area contributed by atoms with Crippen molar-refractivity contribution in [2.24, 2.45) is 0 Å². The zero-order valence-electron chi connectivity index (χ0n) is 16.1. The molecule has 0 aliphatic heterocycles. The molecule has 0 bridgehead atoms. The van der Waals surface area contributed by atoms with Gasteiger partial charge in [-0.05, 0) is 38.2 Å². The Bertz CT molecular complexity index is 826. The van der Waals surface area contributed by atoms with Crippen LogP contribution >= 0.6 is 7.82 Å². The first-order valence-electron chi connectivity index (χ1n) is 8.19. The summed E-state index contributed by atoms with van der Waals surface area (Å²) in [7, 11) is 4.16. The predicted molar refractivity (Wildman–Crippen MR) is 100 cm³/mol. The zero-order valence-corrected chi connectivity index (χ0v) is 17.0. The van der Waals surface area contributed by atoms with Crippen LogP contribution in [0.15, 0.2) is 24.4 Å². The van der Waals surface area contributed by atoms with Gasteiger partial charge in [0.25, 0.3) is 0 Å². The van der Waals surface area contributed by atoms with Crippen molar-refractivity contribution in [3.05, 3.63) is 30.0 Å². The van der Waals surface area contributed by atoms with E-state index < -0.39 is 20.7 Å². The first-order chi connectivity index (χ1) is 12.8. The zero-order chi connectivity index (χ0) is 20.0. The lowest BCUT2D eigenvalue weighted by Gasteiger charge is -2.13. The number of hydrogen-bond donors (Lipinski definition) is 0. The van der Waals surface area contributed by atoms with Crippen molar-refractivity contribution in [2.45, 2.75) is 6.42 Å². The van der Waals surface area contributed by atoms with Crippen molar-refractivity contribution in [2.75, 3.05) is 48.8 Å². The lowest BCUT2D eigenvalue weighted by Crippen LogP contribution is -2.16. The minimum atomic E-state index is -3.72. The molecule has 0 unspecified atom stereocenters. The highest BCUT2D eigenvalue weighted by Gasteiger charge is 2.24. The number of phosphoric ester groups is 1. The van der Waals surface area contributed by atoms with E-state index in [1.54, 1.807) is 19.4 Å². The topological polar surface area (TPSA) is 88.5 Å². The van der Waals surface area contributed by atoms with Crippen molar-refractivity contribution >= 4 is 24.8 Å². The maximum atomic E-state index is 12.5. The van der Waals surface area contributed by atoms with Crippen LogP contribution in [-0.2, 0) is 29.3 Å². The molecule has 1 heterocycles.